The molecule has 1 heterocycles. The Morgan fingerprint density at radius 1 is 1.44 bits per heavy atom. The minimum atomic E-state index is 0.307. The highest BCUT2D eigenvalue weighted by Gasteiger charge is 2.22. The lowest BCUT2D eigenvalue weighted by molar-refractivity contribution is 0.475. The molecule has 3 rings (SSSR count). The van der Waals surface area contributed by atoms with Crippen LogP contribution in [0.15, 0.2) is 22.6 Å². The van der Waals surface area contributed by atoms with E-state index in [9.17, 15) is 0 Å². The van der Waals surface area contributed by atoms with Crippen molar-refractivity contribution in [1.29, 1.82) is 0 Å². The van der Waals surface area contributed by atoms with E-state index in [1.165, 1.54) is 18.4 Å². The molecular weight excluding hydrogens is 226 g/mol. The summed E-state index contributed by atoms with van der Waals surface area (Å²) in [5.41, 5.74) is 9.05. The molecule has 2 atom stereocenters. The van der Waals surface area contributed by atoms with E-state index in [4.69, 9.17) is 10.2 Å². The molecule has 1 saturated carbocycles. The average Bonchev–Trinajstić information content (AvgIpc) is 2.90. The van der Waals surface area contributed by atoms with Crippen LogP contribution in [0.1, 0.15) is 30.7 Å². The Labute approximate surface area is 107 Å². The highest BCUT2D eigenvalue weighted by Crippen LogP contribution is 2.19. The summed E-state index contributed by atoms with van der Waals surface area (Å²) in [5, 5.41) is 3.53. The zero-order valence-corrected chi connectivity index (χ0v) is 10.6. The number of hydrogen-bond acceptors (Lipinski definition) is 4. The van der Waals surface area contributed by atoms with Crippen LogP contribution in [-0.2, 0) is 6.54 Å². The number of benzene rings is 1. The Morgan fingerprint density at radius 2 is 2.33 bits per heavy atom. The molecule has 3 N–H and O–H groups in total. The molecule has 0 radical (unpaired) electrons. The minimum Gasteiger partial charge on any atom is -0.441 e. The van der Waals surface area contributed by atoms with Gasteiger partial charge in [-0.25, -0.2) is 4.98 Å². The van der Waals surface area contributed by atoms with E-state index in [0.29, 0.717) is 18.0 Å². The van der Waals surface area contributed by atoms with Crippen molar-refractivity contribution >= 4 is 11.1 Å². The second-order valence-electron chi connectivity index (χ2n) is 5.12. The summed E-state index contributed by atoms with van der Waals surface area (Å²) in [4.78, 5) is 4.30. The maximum absolute atomic E-state index is 6.05. The number of nitrogens with zero attached hydrogens (tertiary/aromatic N) is 1. The van der Waals surface area contributed by atoms with Crippen LogP contribution < -0.4 is 11.1 Å². The Balaban J connectivity index is 1.70. The number of aromatic nitrogens is 1. The number of fused-ring (bicyclic) bond motifs is 1. The monoisotopic (exact) mass is 245 g/mol. The van der Waals surface area contributed by atoms with Crippen molar-refractivity contribution in [2.75, 3.05) is 0 Å². The number of nitrogens with one attached hydrogen (secondary N) is 1. The van der Waals surface area contributed by atoms with Gasteiger partial charge in [0.2, 0.25) is 0 Å². The quantitative estimate of drug-likeness (QED) is 0.869. The second kappa shape index (κ2) is 4.71. The molecule has 96 valence electrons. The first-order valence-corrected chi connectivity index (χ1v) is 6.57. The molecule has 1 aliphatic rings. The topological polar surface area (TPSA) is 64.1 Å². The smallest absolute Gasteiger partial charge is 0.192 e. The van der Waals surface area contributed by atoms with Gasteiger partial charge in [0, 0.05) is 25.6 Å². The maximum atomic E-state index is 6.05. The van der Waals surface area contributed by atoms with Crippen molar-refractivity contribution in [2.24, 2.45) is 5.73 Å². The molecular formula is C14H19N3O. The second-order valence-corrected chi connectivity index (χ2v) is 5.12. The van der Waals surface area contributed by atoms with Crippen LogP contribution in [0.2, 0.25) is 0 Å². The van der Waals surface area contributed by atoms with E-state index in [0.717, 1.165) is 24.1 Å². The van der Waals surface area contributed by atoms with Crippen LogP contribution in [0.5, 0.6) is 0 Å². The first kappa shape index (κ1) is 11.7. The van der Waals surface area contributed by atoms with E-state index in [1.807, 2.05) is 13.0 Å². The molecule has 1 aromatic carbocycles. The summed E-state index contributed by atoms with van der Waals surface area (Å²) in [6, 6.07) is 6.93. The predicted octanol–water partition coefficient (Wildman–Crippen LogP) is 2.11. The fraction of sp³-hybridized carbons (Fsp3) is 0.500. The summed E-state index contributed by atoms with van der Waals surface area (Å²) in [5.74, 6) is 0.716. The summed E-state index contributed by atoms with van der Waals surface area (Å²) in [7, 11) is 0. The van der Waals surface area contributed by atoms with Gasteiger partial charge < -0.3 is 15.5 Å². The van der Waals surface area contributed by atoms with Gasteiger partial charge in [-0.2, -0.15) is 0 Å². The molecule has 1 aromatic heterocycles. The normalized spacial score (nSPS) is 23.9. The Hall–Kier alpha value is -1.39. The number of nitrogens with two attached hydrogens (primary N) is 1. The van der Waals surface area contributed by atoms with Crippen LogP contribution >= 0.6 is 0 Å². The molecule has 0 amide bonds. The van der Waals surface area contributed by atoms with Gasteiger partial charge in [-0.3, -0.25) is 0 Å². The summed E-state index contributed by atoms with van der Waals surface area (Å²) in [6.45, 7) is 2.71. The van der Waals surface area contributed by atoms with Gasteiger partial charge in [-0.05, 0) is 30.5 Å². The SMILES string of the molecule is Cc1nc2ccc(CNC3CCCC3N)cc2o1. The molecule has 0 saturated heterocycles. The Bertz CT molecular complexity index is 549. The van der Waals surface area contributed by atoms with Crippen molar-refractivity contribution in [3.63, 3.8) is 0 Å². The molecule has 1 fully saturated rings. The molecule has 0 bridgehead atoms. The number of hydrogen-bond donors (Lipinski definition) is 2. The van der Waals surface area contributed by atoms with Gasteiger partial charge in [-0.1, -0.05) is 12.5 Å². The Morgan fingerprint density at radius 3 is 3.11 bits per heavy atom. The van der Waals surface area contributed by atoms with Gasteiger partial charge in [-0.15, -0.1) is 0 Å². The lowest BCUT2D eigenvalue weighted by Gasteiger charge is -2.17. The fourth-order valence-corrected chi connectivity index (χ4v) is 2.69. The van der Waals surface area contributed by atoms with E-state index >= 15 is 0 Å². The van der Waals surface area contributed by atoms with Gasteiger partial charge in [0.15, 0.2) is 11.5 Å². The first-order valence-electron chi connectivity index (χ1n) is 6.57. The largest absolute Gasteiger partial charge is 0.441 e. The highest BCUT2D eigenvalue weighted by molar-refractivity contribution is 5.73. The van der Waals surface area contributed by atoms with E-state index < -0.39 is 0 Å². The molecule has 2 aromatic rings. The van der Waals surface area contributed by atoms with Crippen molar-refractivity contribution in [2.45, 2.75) is 44.8 Å². The zero-order valence-electron chi connectivity index (χ0n) is 10.6. The van der Waals surface area contributed by atoms with Crippen LogP contribution in [0.3, 0.4) is 0 Å². The summed E-state index contributed by atoms with van der Waals surface area (Å²) < 4.78 is 5.54. The predicted molar refractivity (Wildman–Crippen MR) is 71.2 cm³/mol. The van der Waals surface area contributed by atoms with E-state index in [1.54, 1.807) is 0 Å². The standard InChI is InChI=1S/C14H19N3O/c1-9-17-13-6-5-10(7-14(13)18-9)8-16-12-4-2-3-11(12)15/h5-7,11-12,16H,2-4,8,15H2,1H3. The van der Waals surface area contributed by atoms with Crippen LogP contribution in [0, 0.1) is 6.92 Å². The number of rotatable bonds is 3. The highest BCUT2D eigenvalue weighted by atomic mass is 16.3. The van der Waals surface area contributed by atoms with E-state index in [2.05, 4.69) is 22.4 Å². The van der Waals surface area contributed by atoms with Crippen molar-refractivity contribution in [3.05, 3.63) is 29.7 Å². The molecule has 4 heteroatoms. The Kier molecular flexibility index (Phi) is 3.06. The van der Waals surface area contributed by atoms with Crippen LogP contribution in [0.4, 0.5) is 0 Å². The summed E-state index contributed by atoms with van der Waals surface area (Å²) in [6.07, 6.45) is 3.56. The number of aryl methyl sites for hydroxylation is 1. The van der Waals surface area contributed by atoms with Gasteiger partial charge in [0.05, 0.1) is 0 Å². The van der Waals surface area contributed by atoms with E-state index in [-0.39, 0.29) is 0 Å². The third-order valence-electron chi connectivity index (χ3n) is 3.70. The fourth-order valence-electron chi connectivity index (χ4n) is 2.69. The first-order chi connectivity index (χ1) is 8.72. The van der Waals surface area contributed by atoms with Crippen molar-refractivity contribution in [3.8, 4) is 0 Å². The minimum absolute atomic E-state index is 0.307. The van der Waals surface area contributed by atoms with Gasteiger partial charge in [0.1, 0.15) is 5.52 Å². The summed E-state index contributed by atoms with van der Waals surface area (Å²) >= 11 is 0. The number of oxazole rings is 1. The molecule has 2 unspecified atom stereocenters. The van der Waals surface area contributed by atoms with Gasteiger partial charge in [0.25, 0.3) is 0 Å². The molecule has 0 spiro atoms. The molecule has 1 aliphatic carbocycles. The zero-order chi connectivity index (χ0) is 12.5. The average molecular weight is 245 g/mol. The van der Waals surface area contributed by atoms with Crippen LogP contribution in [-0.4, -0.2) is 17.1 Å². The lowest BCUT2D eigenvalue weighted by atomic mass is 10.1. The van der Waals surface area contributed by atoms with Crippen molar-refractivity contribution < 1.29 is 4.42 Å². The molecule has 0 aliphatic heterocycles. The lowest BCUT2D eigenvalue weighted by Crippen LogP contribution is -2.40. The molecule has 4 nitrogen and oxygen atoms in total. The third-order valence-corrected chi connectivity index (χ3v) is 3.70. The molecule has 18 heavy (non-hydrogen) atoms. The maximum Gasteiger partial charge on any atom is 0.192 e. The van der Waals surface area contributed by atoms with Gasteiger partial charge >= 0.3 is 0 Å². The third kappa shape index (κ3) is 2.26. The van der Waals surface area contributed by atoms with Crippen LogP contribution in [0.25, 0.3) is 11.1 Å². The van der Waals surface area contributed by atoms with Crippen molar-refractivity contribution in [1.82, 2.24) is 10.3 Å².